The van der Waals surface area contributed by atoms with E-state index in [0.717, 1.165) is 5.75 Å². The van der Waals surface area contributed by atoms with E-state index in [4.69, 9.17) is 9.84 Å². The first kappa shape index (κ1) is 12.3. The third-order valence-electron chi connectivity index (χ3n) is 2.04. The average molecular weight is 220 g/mol. The zero-order chi connectivity index (χ0) is 12.1. The van der Waals surface area contributed by atoms with Crippen molar-refractivity contribution in [3.05, 3.63) is 36.4 Å². The molecule has 0 radical (unpaired) electrons. The SMILES string of the molecule is C=C(C(=O)O)c1ccc(OCC(C)C)cc1. The zero-order valence-corrected chi connectivity index (χ0v) is 9.56. The Hall–Kier alpha value is -1.77. The fourth-order valence-electron chi connectivity index (χ4n) is 1.14. The van der Waals surface area contributed by atoms with E-state index in [1.54, 1.807) is 24.3 Å². The third-order valence-corrected chi connectivity index (χ3v) is 2.04. The van der Waals surface area contributed by atoms with Crippen LogP contribution in [-0.4, -0.2) is 17.7 Å². The maximum absolute atomic E-state index is 10.7. The molecule has 0 saturated heterocycles. The first-order chi connectivity index (χ1) is 7.50. The second kappa shape index (κ2) is 5.35. The molecule has 0 unspecified atom stereocenters. The van der Waals surface area contributed by atoms with Gasteiger partial charge in [0.05, 0.1) is 12.2 Å². The van der Waals surface area contributed by atoms with Crippen molar-refractivity contribution in [2.45, 2.75) is 13.8 Å². The third kappa shape index (κ3) is 3.42. The topological polar surface area (TPSA) is 46.5 Å². The molecule has 0 spiro atoms. The zero-order valence-electron chi connectivity index (χ0n) is 9.56. The van der Waals surface area contributed by atoms with Crippen molar-refractivity contribution >= 4 is 11.5 Å². The van der Waals surface area contributed by atoms with Gasteiger partial charge in [0.25, 0.3) is 0 Å². The van der Waals surface area contributed by atoms with Crippen molar-refractivity contribution in [3.8, 4) is 5.75 Å². The summed E-state index contributed by atoms with van der Waals surface area (Å²) < 4.78 is 5.49. The molecule has 0 saturated carbocycles. The monoisotopic (exact) mass is 220 g/mol. The highest BCUT2D eigenvalue weighted by Gasteiger charge is 2.06. The summed E-state index contributed by atoms with van der Waals surface area (Å²) in [5, 5.41) is 8.75. The predicted molar refractivity (Wildman–Crippen MR) is 63.4 cm³/mol. The summed E-state index contributed by atoms with van der Waals surface area (Å²) in [6, 6.07) is 6.91. The summed E-state index contributed by atoms with van der Waals surface area (Å²) in [5.74, 6) is 0.208. The predicted octanol–water partition coefficient (Wildman–Crippen LogP) is 2.82. The Kier molecular flexibility index (Phi) is 4.11. The van der Waals surface area contributed by atoms with E-state index in [1.165, 1.54) is 0 Å². The molecular weight excluding hydrogens is 204 g/mol. The average Bonchev–Trinajstić information content (AvgIpc) is 2.26. The molecule has 0 fully saturated rings. The number of aliphatic carboxylic acids is 1. The Morgan fingerprint density at radius 1 is 1.38 bits per heavy atom. The standard InChI is InChI=1S/C13H16O3/c1-9(2)8-16-12-6-4-11(5-7-12)10(3)13(14)15/h4-7,9H,3,8H2,1-2H3,(H,14,15). The molecule has 86 valence electrons. The molecule has 0 aliphatic rings. The maximum Gasteiger partial charge on any atom is 0.335 e. The lowest BCUT2D eigenvalue weighted by molar-refractivity contribution is -0.130. The Bertz CT molecular complexity index is 377. The number of hydrogen-bond acceptors (Lipinski definition) is 2. The smallest absolute Gasteiger partial charge is 0.335 e. The Morgan fingerprint density at radius 3 is 2.38 bits per heavy atom. The molecular formula is C13H16O3. The van der Waals surface area contributed by atoms with E-state index in [0.29, 0.717) is 18.1 Å². The highest BCUT2D eigenvalue weighted by Crippen LogP contribution is 2.18. The van der Waals surface area contributed by atoms with E-state index in [9.17, 15) is 4.79 Å². The lowest BCUT2D eigenvalue weighted by Gasteiger charge is -2.09. The van der Waals surface area contributed by atoms with Crippen LogP contribution in [0.1, 0.15) is 19.4 Å². The summed E-state index contributed by atoms with van der Waals surface area (Å²) in [6.45, 7) is 8.28. The van der Waals surface area contributed by atoms with Gasteiger partial charge in [-0.3, -0.25) is 0 Å². The number of carbonyl (C=O) groups is 1. The quantitative estimate of drug-likeness (QED) is 0.776. The van der Waals surface area contributed by atoms with E-state index in [-0.39, 0.29) is 5.57 Å². The van der Waals surface area contributed by atoms with Crippen LogP contribution < -0.4 is 4.74 Å². The molecule has 3 nitrogen and oxygen atoms in total. The molecule has 3 heteroatoms. The van der Waals surface area contributed by atoms with E-state index < -0.39 is 5.97 Å². The van der Waals surface area contributed by atoms with Crippen molar-refractivity contribution in [2.75, 3.05) is 6.61 Å². The van der Waals surface area contributed by atoms with Gasteiger partial charge in [0.15, 0.2) is 0 Å². The molecule has 1 aromatic carbocycles. The van der Waals surface area contributed by atoms with Gasteiger partial charge in [-0.1, -0.05) is 32.6 Å². The van der Waals surface area contributed by atoms with Crippen LogP contribution in [0.5, 0.6) is 5.75 Å². The van der Waals surface area contributed by atoms with Gasteiger partial charge in [-0.25, -0.2) is 4.79 Å². The van der Waals surface area contributed by atoms with Crippen molar-refractivity contribution in [2.24, 2.45) is 5.92 Å². The van der Waals surface area contributed by atoms with Gasteiger partial charge in [-0.2, -0.15) is 0 Å². The first-order valence-corrected chi connectivity index (χ1v) is 5.16. The van der Waals surface area contributed by atoms with Gasteiger partial charge < -0.3 is 9.84 Å². The number of ether oxygens (including phenoxy) is 1. The normalized spacial score (nSPS) is 10.2. The van der Waals surface area contributed by atoms with Gasteiger partial charge in [0.1, 0.15) is 5.75 Å². The summed E-state index contributed by atoms with van der Waals surface area (Å²) in [7, 11) is 0. The first-order valence-electron chi connectivity index (χ1n) is 5.16. The molecule has 0 aliphatic heterocycles. The van der Waals surface area contributed by atoms with Crippen LogP contribution in [0.4, 0.5) is 0 Å². The summed E-state index contributed by atoms with van der Waals surface area (Å²) >= 11 is 0. The maximum atomic E-state index is 10.7. The van der Waals surface area contributed by atoms with Crippen LogP contribution in [0.2, 0.25) is 0 Å². The van der Waals surface area contributed by atoms with E-state index in [1.807, 2.05) is 0 Å². The van der Waals surface area contributed by atoms with Crippen molar-refractivity contribution in [1.82, 2.24) is 0 Å². The summed E-state index contributed by atoms with van der Waals surface area (Å²) in [5.41, 5.74) is 0.694. The van der Waals surface area contributed by atoms with Crippen molar-refractivity contribution in [1.29, 1.82) is 0 Å². The largest absolute Gasteiger partial charge is 0.493 e. The molecule has 0 aliphatic carbocycles. The number of benzene rings is 1. The van der Waals surface area contributed by atoms with Crippen molar-refractivity contribution in [3.63, 3.8) is 0 Å². The van der Waals surface area contributed by atoms with Crippen LogP contribution >= 0.6 is 0 Å². The molecule has 0 bridgehead atoms. The van der Waals surface area contributed by atoms with E-state index >= 15 is 0 Å². The Morgan fingerprint density at radius 2 is 1.94 bits per heavy atom. The van der Waals surface area contributed by atoms with Crippen LogP contribution in [0.25, 0.3) is 5.57 Å². The molecule has 1 aromatic rings. The fourth-order valence-corrected chi connectivity index (χ4v) is 1.14. The minimum Gasteiger partial charge on any atom is -0.493 e. The van der Waals surface area contributed by atoms with Crippen molar-refractivity contribution < 1.29 is 14.6 Å². The van der Waals surface area contributed by atoms with Crippen LogP contribution in [0.15, 0.2) is 30.8 Å². The fraction of sp³-hybridized carbons (Fsp3) is 0.308. The molecule has 0 atom stereocenters. The van der Waals surface area contributed by atoms with Gasteiger partial charge in [-0.15, -0.1) is 0 Å². The Balaban J connectivity index is 2.68. The molecule has 0 aromatic heterocycles. The second-order valence-electron chi connectivity index (χ2n) is 4.01. The minimum absolute atomic E-state index is 0.0930. The molecule has 0 amide bonds. The second-order valence-corrected chi connectivity index (χ2v) is 4.01. The van der Waals surface area contributed by atoms with Crippen LogP contribution in [-0.2, 0) is 4.79 Å². The highest BCUT2D eigenvalue weighted by atomic mass is 16.5. The van der Waals surface area contributed by atoms with Gasteiger partial charge >= 0.3 is 5.97 Å². The molecule has 16 heavy (non-hydrogen) atoms. The number of carboxylic acids is 1. The lowest BCUT2D eigenvalue weighted by Crippen LogP contribution is -2.04. The van der Waals surface area contributed by atoms with E-state index in [2.05, 4.69) is 20.4 Å². The number of hydrogen-bond donors (Lipinski definition) is 1. The van der Waals surface area contributed by atoms with Crippen LogP contribution in [0.3, 0.4) is 0 Å². The summed E-state index contributed by atoms with van der Waals surface area (Å²) in [6.07, 6.45) is 0. The minimum atomic E-state index is -1.00. The number of carboxylic acid groups (broad SMARTS) is 1. The lowest BCUT2D eigenvalue weighted by atomic mass is 10.1. The highest BCUT2D eigenvalue weighted by molar-refractivity contribution is 6.14. The summed E-state index contributed by atoms with van der Waals surface area (Å²) in [4.78, 5) is 10.7. The van der Waals surface area contributed by atoms with Gasteiger partial charge in [0, 0.05) is 0 Å². The number of rotatable bonds is 5. The Labute approximate surface area is 95.4 Å². The van der Waals surface area contributed by atoms with Crippen LogP contribution in [0, 0.1) is 5.92 Å². The van der Waals surface area contributed by atoms with Gasteiger partial charge in [-0.05, 0) is 23.6 Å². The molecule has 1 rings (SSSR count). The van der Waals surface area contributed by atoms with Gasteiger partial charge in [0.2, 0.25) is 0 Å². The molecule has 0 heterocycles. The molecule has 1 N–H and O–H groups in total.